The molecular formula is C17H25FN2O. The minimum atomic E-state index is -0.237. The Balaban J connectivity index is 1.92. The molecule has 1 aliphatic rings. The van der Waals surface area contributed by atoms with Gasteiger partial charge >= 0.3 is 0 Å². The smallest absolute Gasteiger partial charge is 0.225 e. The number of carbonyl (C=O) groups excluding carboxylic acids is 1. The molecule has 2 unspecified atom stereocenters. The Hall–Kier alpha value is -1.42. The summed E-state index contributed by atoms with van der Waals surface area (Å²) < 4.78 is 13.2. The van der Waals surface area contributed by atoms with Crippen molar-refractivity contribution in [2.24, 2.45) is 11.8 Å². The molecule has 1 saturated heterocycles. The SMILES string of the molecule is CNCC1CCCN(C(=O)C(C)Cc2cccc(F)c2)C1. The van der Waals surface area contributed by atoms with Gasteiger partial charge in [0.15, 0.2) is 0 Å². The molecular weight excluding hydrogens is 267 g/mol. The fourth-order valence-corrected chi connectivity index (χ4v) is 3.14. The second kappa shape index (κ2) is 7.55. The molecule has 116 valence electrons. The van der Waals surface area contributed by atoms with E-state index in [9.17, 15) is 9.18 Å². The van der Waals surface area contributed by atoms with Gasteiger partial charge in [0.2, 0.25) is 5.91 Å². The van der Waals surface area contributed by atoms with Crippen molar-refractivity contribution in [2.75, 3.05) is 26.7 Å². The van der Waals surface area contributed by atoms with Crippen LogP contribution in [0.4, 0.5) is 4.39 Å². The average molecular weight is 292 g/mol. The summed E-state index contributed by atoms with van der Waals surface area (Å²) >= 11 is 0. The molecule has 21 heavy (non-hydrogen) atoms. The van der Waals surface area contributed by atoms with Crippen LogP contribution in [0.2, 0.25) is 0 Å². The topological polar surface area (TPSA) is 32.3 Å². The van der Waals surface area contributed by atoms with E-state index in [1.807, 2.05) is 24.9 Å². The van der Waals surface area contributed by atoms with E-state index in [0.717, 1.165) is 31.6 Å². The Morgan fingerprint density at radius 3 is 3.05 bits per heavy atom. The number of hydrogen-bond donors (Lipinski definition) is 1. The van der Waals surface area contributed by atoms with Crippen LogP contribution in [0.3, 0.4) is 0 Å². The summed E-state index contributed by atoms with van der Waals surface area (Å²) in [7, 11) is 1.95. The number of piperidine rings is 1. The lowest BCUT2D eigenvalue weighted by molar-refractivity contribution is -0.136. The van der Waals surface area contributed by atoms with Crippen LogP contribution < -0.4 is 5.32 Å². The van der Waals surface area contributed by atoms with Gasteiger partial charge in [0.1, 0.15) is 5.82 Å². The summed E-state index contributed by atoms with van der Waals surface area (Å²) in [6.45, 7) is 4.59. The molecule has 2 rings (SSSR count). The van der Waals surface area contributed by atoms with E-state index in [-0.39, 0.29) is 17.6 Å². The van der Waals surface area contributed by atoms with Crippen molar-refractivity contribution in [1.29, 1.82) is 0 Å². The first-order chi connectivity index (χ1) is 10.1. The number of amides is 1. The number of hydrogen-bond acceptors (Lipinski definition) is 2. The molecule has 0 aromatic heterocycles. The first-order valence-corrected chi connectivity index (χ1v) is 7.78. The monoisotopic (exact) mass is 292 g/mol. The summed E-state index contributed by atoms with van der Waals surface area (Å²) in [5.74, 6) is 0.411. The third kappa shape index (κ3) is 4.53. The molecule has 1 N–H and O–H groups in total. The van der Waals surface area contributed by atoms with Crippen molar-refractivity contribution in [3.8, 4) is 0 Å². The molecule has 0 saturated carbocycles. The number of nitrogens with zero attached hydrogens (tertiary/aromatic N) is 1. The average Bonchev–Trinajstić information content (AvgIpc) is 2.47. The van der Waals surface area contributed by atoms with Gasteiger partial charge in [0.05, 0.1) is 0 Å². The van der Waals surface area contributed by atoms with E-state index in [1.165, 1.54) is 18.6 Å². The van der Waals surface area contributed by atoms with Crippen LogP contribution in [0.5, 0.6) is 0 Å². The highest BCUT2D eigenvalue weighted by Crippen LogP contribution is 2.19. The largest absolute Gasteiger partial charge is 0.342 e. The first-order valence-electron chi connectivity index (χ1n) is 7.78. The predicted molar refractivity (Wildman–Crippen MR) is 82.5 cm³/mol. The number of nitrogens with one attached hydrogen (secondary N) is 1. The van der Waals surface area contributed by atoms with Crippen molar-refractivity contribution < 1.29 is 9.18 Å². The molecule has 0 radical (unpaired) electrons. The van der Waals surface area contributed by atoms with Gasteiger partial charge in [-0.3, -0.25) is 4.79 Å². The van der Waals surface area contributed by atoms with Gasteiger partial charge < -0.3 is 10.2 Å². The van der Waals surface area contributed by atoms with E-state index in [4.69, 9.17) is 0 Å². The predicted octanol–water partition coefficient (Wildman–Crippen LogP) is 2.46. The van der Waals surface area contributed by atoms with Crippen LogP contribution >= 0.6 is 0 Å². The van der Waals surface area contributed by atoms with Gasteiger partial charge in [-0.15, -0.1) is 0 Å². The molecule has 1 aliphatic heterocycles. The molecule has 2 atom stereocenters. The van der Waals surface area contributed by atoms with Gasteiger partial charge in [-0.05, 0) is 56.5 Å². The minimum Gasteiger partial charge on any atom is -0.342 e. The summed E-state index contributed by atoms with van der Waals surface area (Å²) in [5, 5.41) is 3.19. The molecule has 0 bridgehead atoms. The highest BCUT2D eigenvalue weighted by atomic mass is 19.1. The minimum absolute atomic E-state index is 0.0971. The van der Waals surface area contributed by atoms with Crippen molar-refractivity contribution in [3.05, 3.63) is 35.6 Å². The van der Waals surface area contributed by atoms with Crippen LogP contribution in [0, 0.1) is 17.7 Å². The Morgan fingerprint density at radius 2 is 2.33 bits per heavy atom. The lowest BCUT2D eigenvalue weighted by Crippen LogP contribution is -2.44. The number of benzene rings is 1. The Bertz CT molecular complexity index is 476. The molecule has 1 fully saturated rings. The number of carbonyl (C=O) groups is 1. The first kappa shape index (κ1) is 16.0. The molecule has 1 aromatic rings. The van der Waals surface area contributed by atoms with Crippen LogP contribution in [0.1, 0.15) is 25.3 Å². The normalized spacial score (nSPS) is 20.3. The van der Waals surface area contributed by atoms with Crippen LogP contribution in [-0.2, 0) is 11.2 Å². The third-order valence-electron chi connectivity index (χ3n) is 4.18. The van der Waals surface area contributed by atoms with Gasteiger partial charge in [0.25, 0.3) is 0 Å². The lowest BCUT2D eigenvalue weighted by atomic mass is 9.94. The standard InChI is InChI=1S/C17H25FN2O/c1-13(9-14-5-3-7-16(18)10-14)17(21)20-8-4-6-15(12-20)11-19-2/h3,5,7,10,13,15,19H,4,6,8-9,11-12H2,1-2H3. The molecule has 4 heteroatoms. The van der Waals surface area contributed by atoms with Crippen molar-refractivity contribution in [3.63, 3.8) is 0 Å². The van der Waals surface area contributed by atoms with Crippen LogP contribution in [0.25, 0.3) is 0 Å². The van der Waals surface area contributed by atoms with Crippen LogP contribution in [0.15, 0.2) is 24.3 Å². The fraction of sp³-hybridized carbons (Fsp3) is 0.588. The fourth-order valence-electron chi connectivity index (χ4n) is 3.14. The number of rotatable bonds is 5. The lowest BCUT2D eigenvalue weighted by Gasteiger charge is -2.34. The molecule has 0 spiro atoms. The molecule has 3 nitrogen and oxygen atoms in total. The van der Waals surface area contributed by atoms with Crippen LogP contribution in [-0.4, -0.2) is 37.5 Å². The number of likely N-dealkylation sites (tertiary alicyclic amines) is 1. The van der Waals surface area contributed by atoms with E-state index in [1.54, 1.807) is 6.07 Å². The summed E-state index contributed by atoms with van der Waals surface area (Å²) in [4.78, 5) is 14.5. The Kier molecular flexibility index (Phi) is 5.74. The van der Waals surface area contributed by atoms with E-state index < -0.39 is 0 Å². The highest BCUT2D eigenvalue weighted by molar-refractivity contribution is 5.78. The molecule has 1 aromatic carbocycles. The van der Waals surface area contributed by atoms with E-state index in [0.29, 0.717) is 12.3 Å². The van der Waals surface area contributed by atoms with Gasteiger partial charge in [0, 0.05) is 19.0 Å². The third-order valence-corrected chi connectivity index (χ3v) is 4.18. The van der Waals surface area contributed by atoms with Gasteiger partial charge in [-0.2, -0.15) is 0 Å². The van der Waals surface area contributed by atoms with E-state index in [2.05, 4.69) is 5.32 Å². The quantitative estimate of drug-likeness (QED) is 0.904. The highest BCUT2D eigenvalue weighted by Gasteiger charge is 2.26. The van der Waals surface area contributed by atoms with Gasteiger partial charge in [-0.1, -0.05) is 19.1 Å². The zero-order valence-corrected chi connectivity index (χ0v) is 12.9. The molecule has 1 amide bonds. The summed E-state index contributed by atoms with van der Waals surface area (Å²) in [5.41, 5.74) is 0.889. The maximum Gasteiger partial charge on any atom is 0.225 e. The zero-order valence-electron chi connectivity index (χ0n) is 12.9. The summed E-state index contributed by atoms with van der Waals surface area (Å²) in [6.07, 6.45) is 2.86. The summed E-state index contributed by atoms with van der Waals surface area (Å²) in [6, 6.07) is 6.53. The second-order valence-electron chi connectivity index (χ2n) is 6.09. The van der Waals surface area contributed by atoms with Crippen molar-refractivity contribution in [1.82, 2.24) is 10.2 Å². The number of halogens is 1. The van der Waals surface area contributed by atoms with E-state index >= 15 is 0 Å². The molecule has 1 heterocycles. The maximum atomic E-state index is 13.2. The second-order valence-corrected chi connectivity index (χ2v) is 6.09. The maximum absolute atomic E-state index is 13.2. The Morgan fingerprint density at radius 1 is 1.52 bits per heavy atom. The zero-order chi connectivity index (χ0) is 15.2. The van der Waals surface area contributed by atoms with Crippen molar-refractivity contribution in [2.45, 2.75) is 26.2 Å². The van der Waals surface area contributed by atoms with Gasteiger partial charge in [-0.25, -0.2) is 4.39 Å². The molecule has 0 aliphatic carbocycles. The Labute approximate surface area is 126 Å². The van der Waals surface area contributed by atoms with Crippen molar-refractivity contribution >= 4 is 5.91 Å².